The maximum atomic E-state index is 5.33. The number of nitrogens with zero attached hydrogens (tertiary/aromatic N) is 4. The summed E-state index contributed by atoms with van der Waals surface area (Å²) in [7, 11) is 0. The Morgan fingerprint density at radius 3 is 1.59 bits per heavy atom. The van der Waals surface area contributed by atoms with Gasteiger partial charge in [0, 0.05) is 0 Å². The van der Waals surface area contributed by atoms with Crippen LogP contribution in [-0.4, -0.2) is 34.0 Å². The molecule has 5 heteroatoms. The van der Waals surface area contributed by atoms with Crippen LogP contribution in [0.25, 0.3) is 113 Å². The predicted molar refractivity (Wildman–Crippen MR) is 235 cm³/mol. The molecule has 12 rings (SSSR count). The van der Waals surface area contributed by atoms with Gasteiger partial charge in [0.05, 0.1) is 0 Å². The Labute approximate surface area is 327 Å². The summed E-state index contributed by atoms with van der Waals surface area (Å²) in [6, 6.07) is 65.3. The fraction of sp³-hybridized carbons (Fsp3) is 0. The van der Waals surface area contributed by atoms with Gasteiger partial charge in [-0.1, -0.05) is 12.1 Å². The van der Waals surface area contributed by atoms with Gasteiger partial charge in [-0.15, -0.1) is 0 Å². The molecule has 0 bridgehead atoms. The van der Waals surface area contributed by atoms with Crippen LogP contribution in [0.3, 0.4) is 0 Å². The molecule has 0 N–H and O–H groups in total. The minimum atomic E-state index is 0.133. The quantitative estimate of drug-likeness (QED) is 0.132. The molecule has 9 aromatic carbocycles. The van der Waals surface area contributed by atoms with Crippen LogP contribution in [0.2, 0.25) is 0 Å². The Bertz CT molecular complexity index is 3510. The Morgan fingerprint density at radius 2 is 0.857 bits per heavy atom. The molecule has 56 heavy (non-hydrogen) atoms. The van der Waals surface area contributed by atoms with Crippen molar-refractivity contribution in [1.29, 1.82) is 0 Å². The van der Waals surface area contributed by atoms with Gasteiger partial charge in [-0.05, 0) is 0 Å². The van der Waals surface area contributed by atoms with Gasteiger partial charge in [-0.3, -0.25) is 0 Å². The van der Waals surface area contributed by atoms with Crippen molar-refractivity contribution in [2.24, 2.45) is 0 Å². The molecule has 0 unspecified atom stereocenters. The first-order valence-electron chi connectivity index (χ1n) is 18.9. The van der Waals surface area contributed by atoms with Gasteiger partial charge in [-0.25, -0.2) is 0 Å². The summed E-state index contributed by atoms with van der Waals surface area (Å²) in [6.45, 7) is 0. The number of fused-ring (bicyclic) bond motifs is 12. The van der Waals surface area contributed by atoms with E-state index in [1.54, 1.807) is 0 Å². The second-order valence-electron chi connectivity index (χ2n) is 14.4. The molecule has 0 amide bonds. The fourth-order valence-corrected chi connectivity index (χ4v) is 11.2. The molecule has 0 aliphatic heterocycles. The molecule has 0 radical (unpaired) electrons. The van der Waals surface area contributed by atoms with Crippen LogP contribution < -0.4 is 0 Å². The van der Waals surface area contributed by atoms with Crippen molar-refractivity contribution in [2.75, 3.05) is 0 Å². The minimum absolute atomic E-state index is 0.133. The summed E-state index contributed by atoms with van der Waals surface area (Å²) in [4.78, 5) is 16.0. The van der Waals surface area contributed by atoms with Gasteiger partial charge in [0.1, 0.15) is 0 Å². The van der Waals surface area contributed by atoms with Crippen molar-refractivity contribution >= 4 is 87.9 Å². The molecular formula is C51H30N4Se. The maximum absolute atomic E-state index is 5.33. The molecule has 260 valence electrons. The number of rotatable bonds is 4. The van der Waals surface area contributed by atoms with Gasteiger partial charge >= 0.3 is 317 Å². The fourth-order valence-electron chi connectivity index (χ4n) is 8.69. The summed E-state index contributed by atoms with van der Waals surface area (Å²) in [5.74, 6) is 2.01. The second-order valence-corrected chi connectivity index (χ2v) is 16.6. The van der Waals surface area contributed by atoms with Crippen molar-refractivity contribution in [3.05, 3.63) is 182 Å². The molecule has 12 aromatic rings. The molecule has 0 spiro atoms. The van der Waals surface area contributed by atoms with Gasteiger partial charge < -0.3 is 0 Å². The molecule has 3 heterocycles. The third-order valence-electron chi connectivity index (χ3n) is 11.2. The van der Waals surface area contributed by atoms with Gasteiger partial charge in [0.15, 0.2) is 0 Å². The van der Waals surface area contributed by atoms with Crippen LogP contribution in [0.15, 0.2) is 182 Å². The number of benzene rings is 9. The summed E-state index contributed by atoms with van der Waals surface area (Å²) < 4.78 is 5.06. The summed E-state index contributed by atoms with van der Waals surface area (Å²) in [5, 5.41) is 12.4. The van der Waals surface area contributed by atoms with E-state index in [-0.39, 0.29) is 14.5 Å². The third-order valence-corrected chi connectivity index (χ3v) is 13.8. The monoisotopic (exact) mass is 778 g/mol. The second kappa shape index (κ2) is 12.3. The van der Waals surface area contributed by atoms with E-state index in [1.807, 2.05) is 0 Å². The Kier molecular flexibility index (Phi) is 6.91. The van der Waals surface area contributed by atoms with Gasteiger partial charge in [0.25, 0.3) is 0 Å². The van der Waals surface area contributed by atoms with Crippen LogP contribution >= 0.6 is 0 Å². The average Bonchev–Trinajstić information content (AvgIpc) is 3.82. The van der Waals surface area contributed by atoms with Crippen LogP contribution in [0, 0.1) is 0 Å². The molecular weight excluding hydrogens is 748 g/mol. The zero-order valence-corrected chi connectivity index (χ0v) is 31.7. The Balaban J connectivity index is 1.13. The summed E-state index contributed by atoms with van der Waals surface area (Å²) in [6.07, 6.45) is 0. The first kappa shape index (κ1) is 31.4. The average molecular weight is 778 g/mol. The van der Waals surface area contributed by atoms with Crippen LogP contribution in [0.4, 0.5) is 0 Å². The Morgan fingerprint density at radius 1 is 0.339 bits per heavy atom. The molecule has 0 atom stereocenters. The first-order valence-corrected chi connectivity index (χ1v) is 20.6. The predicted octanol–water partition coefficient (Wildman–Crippen LogP) is 12.8. The van der Waals surface area contributed by atoms with Crippen molar-refractivity contribution in [3.63, 3.8) is 0 Å². The molecule has 0 aliphatic rings. The summed E-state index contributed by atoms with van der Waals surface area (Å²) in [5.41, 5.74) is 6.37. The molecule has 4 nitrogen and oxygen atoms in total. The van der Waals surface area contributed by atoms with Gasteiger partial charge in [-0.2, -0.15) is 0 Å². The number of para-hydroxylation sites is 2. The van der Waals surface area contributed by atoms with E-state index in [2.05, 4.69) is 187 Å². The van der Waals surface area contributed by atoms with Crippen LogP contribution in [0.5, 0.6) is 0 Å². The van der Waals surface area contributed by atoms with Gasteiger partial charge in [0.2, 0.25) is 0 Å². The third kappa shape index (κ3) is 4.75. The summed E-state index contributed by atoms with van der Waals surface area (Å²) >= 11 is 0.133. The molecule has 0 saturated carbocycles. The van der Waals surface area contributed by atoms with Crippen molar-refractivity contribution in [3.8, 4) is 39.9 Å². The van der Waals surface area contributed by atoms with Crippen molar-refractivity contribution < 1.29 is 0 Å². The van der Waals surface area contributed by atoms with Crippen molar-refractivity contribution in [1.82, 2.24) is 19.5 Å². The first-order chi connectivity index (χ1) is 27.8. The topological polar surface area (TPSA) is 43.6 Å². The van der Waals surface area contributed by atoms with E-state index >= 15 is 0 Å². The van der Waals surface area contributed by atoms with Crippen LogP contribution in [-0.2, 0) is 0 Å². The van der Waals surface area contributed by atoms with E-state index in [0.29, 0.717) is 17.5 Å². The number of hydrogen-bond acceptors (Lipinski definition) is 3. The molecule has 0 fully saturated rings. The SMILES string of the molecule is c1ccc(-n2c3ccccc3c3ccc(-c4nc(-c5ccc6c7ccccc7c7ccccc7c6c5)nc(-c5cccc6c5[se]c5ccccc56)n4)cc32)cc1. The standard InChI is InChI=1S/C51H30N4Se/c1-2-13-33(14-3-1)55-45-23-10-8-19-39(45)40-28-26-32(30-46(40)55)50-52-49(53-51(54-50)43-22-12-21-42-41-20-9-11-24-47(41)56-48(42)43)31-25-27-38-36-17-5-4-15-34(36)35-16-6-7-18-37(35)44(38)29-31/h1-30H. The Hall–Kier alpha value is -6.91. The van der Waals surface area contributed by atoms with E-state index in [0.717, 1.165) is 27.9 Å². The van der Waals surface area contributed by atoms with E-state index in [9.17, 15) is 0 Å². The zero-order valence-electron chi connectivity index (χ0n) is 30.0. The van der Waals surface area contributed by atoms with E-state index < -0.39 is 0 Å². The normalized spacial score (nSPS) is 11.9. The molecule has 0 saturated heterocycles. The van der Waals surface area contributed by atoms with E-state index in [4.69, 9.17) is 15.0 Å². The van der Waals surface area contributed by atoms with Crippen molar-refractivity contribution in [2.45, 2.75) is 0 Å². The molecule has 0 aliphatic carbocycles. The number of hydrogen-bond donors (Lipinski definition) is 0. The van der Waals surface area contributed by atoms with Crippen LogP contribution in [0.1, 0.15) is 0 Å². The number of aromatic nitrogens is 4. The molecule has 3 aromatic heterocycles. The van der Waals surface area contributed by atoms with E-state index in [1.165, 1.54) is 67.9 Å². The zero-order chi connectivity index (χ0) is 36.7.